The number of urea groups is 1. The summed E-state index contributed by atoms with van der Waals surface area (Å²) in [6.07, 6.45) is -1.65. The number of hydrogen-bond acceptors (Lipinski definition) is 6. The van der Waals surface area contributed by atoms with Crippen molar-refractivity contribution in [1.29, 1.82) is 0 Å². The van der Waals surface area contributed by atoms with Gasteiger partial charge in [0, 0.05) is 6.42 Å². The van der Waals surface area contributed by atoms with E-state index in [2.05, 4.69) is 5.32 Å². The smallest absolute Gasteiger partial charge is 0.327 e. The Balaban J connectivity index is 1.38. The molecule has 2 saturated heterocycles. The molecule has 1 spiro atoms. The molecule has 0 radical (unpaired) electrons. The van der Waals surface area contributed by atoms with E-state index in [9.17, 15) is 14.7 Å². The lowest BCUT2D eigenvalue weighted by molar-refractivity contribution is -0.153. The minimum Gasteiger partial charge on any atom is -0.497 e. The molecule has 2 N–H and O–H groups in total. The van der Waals surface area contributed by atoms with Crippen molar-refractivity contribution >= 4 is 11.9 Å². The monoisotopic (exact) mass is 412 g/mol. The average molecular weight is 412 g/mol. The number of methoxy groups -OCH3 is 1. The molecule has 158 valence electrons. The Bertz CT molecular complexity index is 904. The predicted molar refractivity (Wildman–Crippen MR) is 106 cm³/mol. The van der Waals surface area contributed by atoms with Crippen LogP contribution < -0.4 is 10.1 Å². The van der Waals surface area contributed by atoms with E-state index < -0.39 is 29.9 Å². The summed E-state index contributed by atoms with van der Waals surface area (Å²) < 4.78 is 16.6. The van der Waals surface area contributed by atoms with Crippen molar-refractivity contribution in [3.8, 4) is 5.75 Å². The van der Waals surface area contributed by atoms with E-state index in [1.165, 1.54) is 0 Å². The first-order valence-corrected chi connectivity index (χ1v) is 9.75. The molecule has 2 heterocycles. The van der Waals surface area contributed by atoms with E-state index in [0.29, 0.717) is 12.4 Å². The number of nitrogens with one attached hydrogen (secondary N) is 1. The number of nitrogens with zero attached hydrogens (tertiary/aromatic N) is 1. The van der Waals surface area contributed by atoms with Crippen molar-refractivity contribution < 1.29 is 28.9 Å². The summed E-state index contributed by atoms with van der Waals surface area (Å²) in [5.74, 6) is 0.181. The van der Waals surface area contributed by atoms with Gasteiger partial charge in [0.1, 0.15) is 11.9 Å². The van der Waals surface area contributed by atoms with Crippen LogP contribution in [0.1, 0.15) is 17.5 Å². The number of carbonyl (C=O) groups is 2. The summed E-state index contributed by atoms with van der Waals surface area (Å²) in [7, 11) is 1.57. The molecular weight excluding hydrogens is 388 g/mol. The molecule has 2 aliphatic heterocycles. The zero-order valence-corrected chi connectivity index (χ0v) is 16.6. The van der Waals surface area contributed by atoms with Gasteiger partial charge in [-0.1, -0.05) is 42.5 Å². The summed E-state index contributed by atoms with van der Waals surface area (Å²) >= 11 is 0. The lowest BCUT2D eigenvalue weighted by Gasteiger charge is -2.21. The van der Waals surface area contributed by atoms with E-state index in [1.807, 2.05) is 30.3 Å². The highest BCUT2D eigenvalue weighted by molar-refractivity contribution is 6.06. The van der Waals surface area contributed by atoms with Crippen molar-refractivity contribution in [1.82, 2.24) is 10.2 Å². The highest BCUT2D eigenvalue weighted by Gasteiger charge is 2.59. The molecule has 3 amide bonds. The number of carbonyl (C=O) groups excluding carboxylic acids is 2. The Labute approximate surface area is 174 Å². The van der Waals surface area contributed by atoms with Crippen LogP contribution in [0.2, 0.25) is 0 Å². The number of imide groups is 1. The molecule has 8 nitrogen and oxygen atoms in total. The molecule has 30 heavy (non-hydrogen) atoms. The zero-order valence-electron chi connectivity index (χ0n) is 16.6. The van der Waals surface area contributed by atoms with Crippen molar-refractivity contribution in [3.05, 3.63) is 65.7 Å². The first-order chi connectivity index (χ1) is 14.5. The van der Waals surface area contributed by atoms with Gasteiger partial charge in [-0.3, -0.25) is 9.69 Å². The first kappa shape index (κ1) is 20.3. The third-order valence-corrected chi connectivity index (χ3v) is 5.32. The Morgan fingerprint density at radius 1 is 1.13 bits per heavy atom. The van der Waals surface area contributed by atoms with E-state index in [-0.39, 0.29) is 19.6 Å². The molecule has 0 aliphatic carbocycles. The van der Waals surface area contributed by atoms with Crippen molar-refractivity contribution in [3.63, 3.8) is 0 Å². The minimum absolute atomic E-state index is 0.0178. The Kier molecular flexibility index (Phi) is 5.72. The second kappa shape index (κ2) is 8.43. The van der Waals surface area contributed by atoms with Gasteiger partial charge in [-0.05, 0) is 23.3 Å². The highest BCUT2D eigenvalue weighted by Crippen LogP contribution is 2.35. The maximum absolute atomic E-state index is 13.0. The van der Waals surface area contributed by atoms with Crippen LogP contribution in [0.25, 0.3) is 0 Å². The Hall–Kier alpha value is -2.94. The Morgan fingerprint density at radius 3 is 2.57 bits per heavy atom. The van der Waals surface area contributed by atoms with Crippen molar-refractivity contribution in [2.24, 2.45) is 0 Å². The molecular formula is C22H24N2O6. The lowest BCUT2D eigenvalue weighted by Crippen LogP contribution is -2.47. The quantitative estimate of drug-likeness (QED) is 0.674. The normalized spacial score (nSPS) is 25.7. The van der Waals surface area contributed by atoms with Crippen molar-refractivity contribution in [2.75, 3.05) is 13.7 Å². The highest BCUT2D eigenvalue weighted by atomic mass is 16.6. The largest absolute Gasteiger partial charge is 0.497 e. The maximum atomic E-state index is 13.0. The number of amides is 3. The van der Waals surface area contributed by atoms with Gasteiger partial charge in [0.15, 0.2) is 0 Å². The summed E-state index contributed by atoms with van der Waals surface area (Å²) in [5.41, 5.74) is 0.220. The zero-order chi connectivity index (χ0) is 21.1. The lowest BCUT2D eigenvalue weighted by atomic mass is 10.1. The van der Waals surface area contributed by atoms with Gasteiger partial charge in [0.2, 0.25) is 5.72 Å². The molecule has 0 aromatic heterocycles. The Morgan fingerprint density at radius 2 is 1.87 bits per heavy atom. The standard InChI is InChI=1S/C22H24N2O6/c1-28-17-9-7-15(8-10-17)12-24-20(26)22(23-21(24)27)11-18(25)19(30-22)14-29-13-16-5-3-2-4-6-16/h2-10,18-19,25H,11-14H2,1H3,(H,23,27)/t18-,19+,22-/m0/s1. The van der Waals surface area contributed by atoms with E-state index in [0.717, 1.165) is 16.0 Å². The molecule has 0 bridgehead atoms. The van der Waals surface area contributed by atoms with Crippen LogP contribution in [0.4, 0.5) is 4.79 Å². The third-order valence-electron chi connectivity index (χ3n) is 5.32. The topological polar surface area (TPSA) is 97.3 Å². The van der Waals surface area contributed by atoms with E-state index >= 15 is 0 Å². The van der Waals surface area contributed by atoms with Crippen molar-refractivity contribution in [2.45, 2.75) is 37.5 Å². The number of hydrogen-bond donors (Lipinski definition) is 2. The minimum atomic E-state index is -1.55. The SMILES string of the molecule is COc1ccc(CN2C(=O)N[C@]3(C[C@H](O)[C@@H](COCc4ccccc4)O3)C2=O)cc1. The molecule has 8 heteroatoms. The van der Waals surface area contributed by atoms with Crippen LogP contribution in [-0.2, 0) is 27.4 Å². The van der Waals surface area contributed by atoms with Gasteiger partial charge in [-0.25, -0.2) is 4.79 Å². The summed E-state index contributed by atoms with van der Waals surface area (Å²) in [6.45, 7) is 0.578. The fraction of sp³-hybridized carbons (Fsp3) is 0.364. The predicted octanol–water partition coefficient (Wildman–Crippen LogP) is 1.81. The second-order valence-electron chi connectivity index (χ2n) is 7.43. The van der Waals surface area contributed by atoms with Crippen LogP contribution in [0.5, 0.6) is 5.75 Å². The molecule has 3 atom stereocenters. The summed E-state index contributed by atoms with van der Waals surface area (Å²) in [5, 5.41) is 13.0. The van der Waals surface area contributed by atoms with Gasteiger partial charge in [-0.2, -0.15) is 0 Å². The number of aliphatic hydroxyl groups excluding tert-OH is 1. The second-order valence-corrected chi connectivity index (χ2v) is 7.43. The van der Waals surface area contributed by atoms with Gasteiger partial charge >= 0.3 is 6.03 Å². The fourth-order valence-electron chi connectivity index (χ4n) is 3.70. The third kappa shape index (κ3) is 4.02. The van der Waals surface area contributed by atoms with Gasteiger partial charge in [0.05, 0.1) is 33.0 Å². The number of rotatable bonds is 7. The molecule has 2 aromatic carbocycles. The number of ether oxygens (including phenoxy) is 3. The molecule has 0 unspecified atom stereocenters. The van der Waals surface area contributed by atoms with Crippen LogP contribution in [0.3, 0.4) is 0 Å². The summed E-state index contributed by atoms with van der Waals surface area (Å²) in [6, 6.07) is 16.2. The fourth-order valence-corrected chi connectivity index (χ4v) is 3.70. The van der Waals surface area contributed by atoms with Gasteiger partial charge in [-0.15, -0.1) is 0 Å². The van der Waals surface area contributed by atoms with E-state index in [1.54, 1.807) is 31.4 Å². The van der Waals surface area contributed by atoms with Crippen LogP contribution in [0, 0.1) is 0 Å². The molecule has 2 aromatic rings. The molecule has 2 aliphatic rings. The van der Waals surface area contributed by atoms with E-state index in [4.69, 9.17) is 14.2 Å². The molecule has 2 fully saturated rings. The molecule has 4 rings (SSSR count). The number of benzene rings is 2. The average Bonchev–Trinajstić information content (AvgIpc) is 3.19. The molecule has 0 saturated carbocycles. The van der Waals surface area contributed by atoms with Crippen LogP contribution in [-0.4, -0.2) is 53.6 Å². The van der Waals surface area contributed by atoms with Crippen LogP contribution >= 0.6 is 0 Å². The first-order valence-electron chi connectivity index (χ1n) is 9.75. The summed E-state index contributed by atoms with van der Waals surface area (Å²) in [4.78, 5) is 26.6. The maximum Gasteiger partial charge on any atom is 0.327 e. The van der Waals surface area contributed by atoms with Crippen LogP contribution in [0.15, 0.2) is 54.6 Å². The van der Waals surface area contributed by atoms with Gasteiger partial charge in [0.25, 0.3) is 5.91 Å². The van der Waals surface area contributed by atoms with Gasteiger partial charge < -0.3 is 24.6 Å². The number of aliphatic hydroxyl groups is 1.